The first-order chi connectivity index (χ1) is 17.4. The molecule has 0 unspecified atom stereocenters. The molecule has 3 aromatic rings. The van der Waals surface area contributed by atoms with Gasteiger partial charge in [0.05, 0.1) is 31.5 Å². The maximum absolute atomic E-state index is 9.59. The highest BCUT2D eigenvalue weighted by atomic mass is 35.5. The lowest BCUT2D eigenvalue weighted by Gasteiger charge is -2.47. The summed E-state index contributed by atoms with van der Waals surface area (Å²) in [5.74, 6) is 2.46. The van der Waals surface area contributed by atoms with Crippen LogP contribution in [0.3, 0.4) is 0 Å². The van der Waals surface area contributed by atoms with Gasteiger partial charge in [0.2, 0.25) is 5.95 Å². The van der Waals surface area contributed by atoms with E-state index in [0.717, 1.165) is 49.2 Å². The zero-order valence-corrected chi connectivity index (χ0v) is 22.1. The van der Waals surface area contributed by atoms with Gasteiger partial charge in [-0.3, -0.25) is 9.58 Å². The number of piperidine rings is 1. The van der Waals surface area contributed by atoms with Gasteiger partial charge in [0, 0.05) is 36.7 Å². The Morgan fingerprint density at radius 1 is 1.11 bits per heavy atom. The molecular formula is C25H33Cl2N7O2. The quantitative estimate of drug-likeness (QED) is 0.405. The van der Waals surface area contributed by atoms with Crippen molar-refractivity contribution in [2.24, 2.45) is 18.9 Å². The van der Waals surface area contributed by atoms with Crippen LogP contribution in [0.4, 0.5) is 11.8 Å². The van der Waals surface area contributed by atoms with Crippen molar-refractivity contribution in [3.63, 3.8) is 0 Å². The number of halogens is 2. The summed E-state index contributed by atoms with van der Waals surface area (Å²) in [5.41, 5.74) is 2.44. The monoisotopic (exact) mass is 533 g/mol. The van der Waals surface area contributed by atoms with E-state index in [2.05, 4.69) is 20.2 Å². The molecule has 11 heteroatoms. The number of likely N-dealkylation sites (tertiary alicyclic amines) is 1. The van der Waals surface area contributed by atoms with Crippen molar-refractivity contribution >= 4 is 46.0 Å². The van der Waals surface area contributed by atoms with Gasteiger partial charge >= 0.3 is 0 Å². The highest BCUT2D eigenvalue weighted by molar-refractivity contribution is 6.35. The van der Waals surface area contributed by atoms with Gasteiger partial charge in [-0.25, -0.2) is 4.98 Å². The molecule has 36 heavy (non-hydrogen) atoms. The average molecular weight is 534 g/mol. The molecule has 2 aliphatic rings. The number of aryl methyl sites for hydroxylation is 1. The molecule has 2 saturated heterocycles. The molecule has 0 bridgehead atoms. The first-order valence-corrected chi connectivity index (χ1v) is 13.3. The Bertz CT molecular complexity index is 1210. The molecule has 2 aromatic heterocycles. The van der Waals surface area contributed by atoms with Gasteiger partial charge in [0.15, 0.2) is 11.3 Å². The van der Waals surface area contributed by atoms with Gasteiger partial charge in [-0.2, -0.15) is 10.1 Å². The third-order valence-corrected chi connectivity index (χ3v) is 8.10. The van der Waals surface area contributed by atoms with E-state index in [1.807, 2.05) is 32.3 Å². The number of aromatic nitrogens is 4. The van der Waals surface area contributed by atoms with Crippen molar-refractivity contribution in [3.8, 4) is 0 Å². The fourth-order valence-electron chi connectivity index (χ4n) is 5.41. The standard InChI is InChI=1S/C25H33Cl2N7O2/c1-15(20-6-5-18(26)8-21(20)27)28-24-23-22(12-32(2)31-23)29-25(30-24)34-10-17(11-34)16-4-3-7-33(9-16)19(13-35)14-36/h5-6,8,12,15-17,19,35-36H,3-4,7,9-11,13-14H2,1-2H3,(H,28,29,30)/t15-,16+/m1/s1. The Morgan fingerprint density at radius 3 is 2.61 bits per heavy atom. The largest absolute Gasteiger partial charge is 0.395 e. The minimum atomic E-state index is -0.162. The minimum Gasteiger partial charge on any atom is -0.395 e. The second-order valence-electron chi connectivity index (χ2n) is 10.0. The Labute approximate surface area is 221 Å². The number of rotatable bonds is 8. The average Bonchev–Trinajstić information content (AvgIpc) is 3.20. The minimum absolute atomic E-state index is 0.00555. The summed E-state index contributed by atoms with van der Waals surface area (Å²) in [6.45, 7) is 5.66. The van der Waals surface area contributed by atoms with Gasteiger partial charge in [0.1, 0.15) is 5.52 Å². The van der Waals surface area contributed by atoms with E-state index in [4.69, 9.17) is 33.2 Å². The Hall–Kier alpha value is -2.17. The number of nitrogens with zero attached hydrogens (tertiary/aromatic N) is 6. The van der Waals surface area contributed by atoms with Gasteiger partial charge in [-0.1, -0.05) is 29.3 Å². The molecule has 194 valence electrons. The first-order valence-electron chi connectivity index (χ1n) is 12.5. The van der Waals surface area contributed by atoms with Crippen LogP contribution in [-0.2, 0) is 7.05 Å². The van der Waals surface area contributed by atoms with Crippen molar-refractivity contribution in [1.82, 2.24) is 24.6 Å². The Balaban J connectivity index is 1.32. The van der Waals surface area contributed by atoms with E-state index >= 15 is 0 Å². The fraction of sp³-hybridized carbons (Fsp3) is 0.560. The van der Waals surface area contributed by atoms with Crippen molar-refractivity contribution in [2.45, 2.75) is 31.8 Å². The van der Waals surface area contributed by atoms with Gasteiger partial charge < -0.3 is 20.4 Å². The van der Waals surface area contributed by atoms with Crippen LogP contribution >= 0.6 is 23.2 Å². The molecular weight excluding hydrogens is 501 g/mol. The summed E-state index contributed by atoms with van der Waals surface area (Å²) >= 11 is 12.5. The summed E-state index contributed by atoms with van der Waals surface area (Å²) < 4.78 is 1.75. The molecule has 2 fully saturated rings. The number of benzene rings is 1. The van der Waals surface area contributed by atoms with Gasteiger partial charge in [-0.15, -0.1) is 0 Å². The summed E-state index contributed by atoms with van der Waals surface area (Å²) in [7, 11) is 1.88. The summed E-state index contributed by atoms with van der Waals surface area (Å²) in [6.07, 6.45) is 4.17. The SMILES string of the molecule is C[C@@H](Nc1nc(N2CC([C@H]3CCCN(C(CO)CO)C3)C2)nc2cn(C)nc12)c1ccc(Cl)cc1Cl. The van der Waals surface area contributed by atoms with Crippen molar-refractivity contribution in [1.29, 1.82) is 0 Å². The van der Waals surface area contributed by atoms with Crippen molar-refractivity contribution in [2.75, 3.05) is 49.6 Å². The van der Waals surface area contributed by atoms with Crippen LogP contribution in [0.25, 0.3) is 11.0 Å². The van der Waals surface area contributed by atoms with E-state index in [9.17, 15) is 10.2 Å². The van der Waals surface area contributed by atoms with E-state index in [1.54, 1.807) is 10.7 Å². The second-order valence-corrected chi connectivity index (χ2v) is 10.9. The molecule has 4 heterocycles. The normalized spacial score (nSPS) is 20.2. The molecule has 5 rings (SSSR count). The summed E-state index contributed by atoms with van der Waals surface area (Å²) in [5, 5.41) is 28.5. The maximum Gasteiger partial charge on any atom is 0.228 e. The van der Waals surface area contributed by atoms with Crippen LogP contribution in [0.5, 0.6) is 0 Å². The topological polar surface area (TPSA) is 103 Å². The van der Waals surface area contributed by atoms with Crippen LogP contribution in [0.2, 0.25) is 10.0 Å². The van der Waals surface area contributed by atoms with E-state index < -0.39 is 0 Å². The third-order valence-electron chi connectivity index (χ3n) is 7.53. The third kappa shape index (κ3) is 5.13. The number of aliphatic hydroxyl groups is 2. The molecule has 0 aliphatic carbocycles. The van der Waals surface area contributed by atoms with Crippen molar-refractivity contribution < 1.29 is 10.2 Å². The van der Waals surface area contributed by atoms with Crippen LogP contribution in [0.15, 0.2) is 24.4 Å². The highest BCUT2D eigenvalue weighted by Gasteiger charge is 2.38. The lowest BCUT2D eigenvalue weighted by Crippen LogP contribution is -2.55. The highest BCUT2D eigenvalue weighted by Crippen LogP contribution is 2.35. The molecule has 2 atom stereocenters. The number of anilines is 2. The zero-order valence-electron chi connectivity index (χ0n) is 20.6. The molecule has 3 N–H and O–H groups in total. The van der Waals surface area contributed by atoms with Crippen LogP contribution < -0.4 is 10.2 Å². The van der Waals surface area contributed by atoms with E-state index in [-0.39, 0.29) is 25.3 Å². The molecule has 0 radical (unpaired) electrons. The Morgan fingerprint density at radius 2 is 1.89 bits per heavy atom. The fourth-order valence-corrected chi connectivity index (χ4v) is 5.98. The number of nitrogens with one attached hydrogen (secondary N) is 1. The predicted octanol–water partition coefficient (Wildman–Crippen LogP) is 3.34. The van der Waals surface area contributed by atoms with Crippen LogP contribution in [-0.4, -0.2) is 80.3 Å². The first kappa shape index (κ1) is 25.5. The molecule has 1 aromatic carbocycles. The number of fused-ring (bicyclic) bond motifs is 1. The maximum atomic E-state index is 9.59. The lowest BCUT2D eigenvalue weighted by atomic mass is 9.80. The predicted molar refractivity (Wildman–Crippen MR) is 143 cm³/mol. The number of aliphatic hydroxyl groups excluding tert-OH is 2. The number of hydrogen-bond donors (Lipinski definition) is 3. The molecule has 0 spiro atoms. The zero-order chi connectivity index (χ0) is 25.4. The van der Waals surface area contributed by atoms with E-state index in [1.165, 1.54) is 6.42 Å². The molecule has 9 nitrogen and oxygen atoms in total. The Kier molecular flexibility index (Phi) is 7.55. The summed E-state index contributed by atoms with van der Waals surface area (Å²) in [6, 6.07) is 5.23. The van der Waals surface area contributed by atoms with Gasteiger partial charge in [-0.05, 0) is 55.8 Å². The molecule has 0 amide bonds. The van der Waals surface area contributed by atoms with Gasteiger partial charge in [0.25, 0.3) is 0 Å². The second kappa shape index (κ2) is 10.7. The summed E-state index contributed by atoms with van der Waals surface area (Å²) in [4.78, 5) is 14.1. The lowest BCUT2D eigenvalue weighted by molar-refractivity contribution is 0.0284. The van der Waals surface area contributed by atoms with Crippen LogP contribution in [0, 0.1) is 11.8 Å². The molecule has 0 saturated carbocycles. The van der Waals surface area contributed by atoms with Crippen LogP contribution in [0.1, 0.15) is 31.4 Å². The smallest absolute Gasteiger partial charge is 0.228 e. The number of hydrogen-bond acceptors (Lipinski definition) is 8. The van der Waals surface area contributed by atoms with E-state index in [0.29, 0.717) is 33.6 Å². The molecule has 2 aliphatic heterocycles. The van der Waals surface area contributed by atoms with Crippen molar-refractivity contribution in [3.05, 3.63) is 40.0 Å².